The normalized spacial score (nSPS) is 12.0. The molecule has 190 valence electrons. The molecular weight excluding hydrogens is 476 g/mol. The van der Waals surface area contributed by atoms with Crippen LogP contribution >= 0.6 is 0 Å². The van der Waals surface area contributed by atoms with Crippen molar-refractivity contribution in [2.75, 3.05) is 4.90 Å². The van der Waals surface area contributed by atoms with Gasteiger partial charge in [0.1, 0.15) is 12.8 Å². The number of aryl methyl sites for hydroxylation is 2. The fourth-order valence-electron chi connectivity index (χ4n) is 6.04. The van der Waals surface area contributed by atoms with Gasteiger partial charge in [0.15, 0.2) is 11.9 Å². The van der Waals surface area contributed by atoms with E-state index in [4.69, 9.17) is 4.74 Å². The largest absolute Gasteiger partial charge is 0.453 e. The van der Waals surface area contributed by atoms with Crippen LogP contribution in [0.3, 0.4) is 0 Å². The Morgan fingerprint density at radius 1 is 0.744 bits per heavy atom. The lowest BCUT2D eigenvalue weighted by molar-refractivity contribution is -0.659. The van der Waals surface area contributed by atoms with Crippen LogP contribution in [0.5, 0.6) is 11.5 Å². The Kier molecular flexibility index (Phi) is 5.41. The third-order valence-electron chi connectivity index (χ3n) is 7.99. The average Bonchev–Trinajstić information content (AvgIpc) is 2.97. The summed E-state index contributed by atoms with van der Waals surface area (Å²) in [5.74, 6) is 2.22. The van der Waals surface area contributed by atoms with Crippen LogP contribution in [-0.4, -0.2) is 0 Å². The van der Waals surface area contributed by atoms with Gasteiger partial charge in [-0.3, -0.25) is 0 Å². The van der Waals surface area contributed by atoms with Gasteiger partial charge in [0.25, 0.3) is 0 Å². The van der Waals surface area contributed by atoms with Crippen molar-refractivity contribution in [3.63, 3.8) is 0 Å². The van der Waals surface area contributed by atoms with E-state index in [1.165, 1.54) is 38.4 Å². The summed E-state index contributed by atoms with van der Waals surface area (Å²) in [7, 11) is 2.14. The summed E-state index contributed by atoms with van der Waals surface area (Å²) in [6.45, 7) is 6.71. The van der Waals surface area contributed by atoms with E-state index in [-0.39, 0.29) is 0 Å². The molecule has 0 N–H and O–H groups in total. The summed E-state index contributed by atoms with van der Waals surface area (Å²) in [5.41, 5.74) is 8.10. The predicted octanol–water partition coefficient (Wildman–Crippen LogP) is 9.49. The van der Waals surface area contributed by atoms with Crippen molar-refractivity contribution < 1.29 is 9.30 Å². The zero-order chi connectivity index (χ0) is 26.7. The Balaban J connectivity index is 1.66. The Bertz CT molecular complexity index is 1840. The van der Waals surface area contributed by atoms with Crippen LogP contribution in [0.15, 0.2) is 109 Å². The first-order valence-corrected chi connectivity index (χ1v) is 13.6. The van der Waals surface area contributed by atoms with E-state index >= 15 is 0 Å². The van der Waals surface area contributed by atoms with Crippen molar-refractivity contribution in [1.29, 1.82) is 0 Å². The van der Waals surface area contributed by atoms with Gasteiger partial charge in [-0.15, -0.1) is 0 Å². The van der Waals surface area contributed by atoms with E-state index in [1.54, 1.807) is 0 Å². The quantitative estimate of drug-likeness (QED) is 0.221. The second kappa shape index (κ2) is 8.99. The van der Waals surface area contributed by atoms with E-state index in [2.05, 4.69) is 147 Å². The van der Waals surface area contributed by atoms with Gasteiger partial charge in [-0.25, -0.2) is 4.57 Å². The summed E-state index contributed by atoms with van der Waals surface area (Å²) in [6.07, 6.45) is 2.18. The molecule has 3 heteroatoms. The fourth-order valence-corrected chi connectivity index (χ4v) is 6.04. The van der Waals surface area contributed by atoms with Crippen LogP contribution in [-0.2, 0) is 7.05 Å². The van der Waals surface area contributed by atoms with Crippen LogP contribution in [0.1, 0.15) is 30.9 Å². The van der Waals surface area contributed by atoms with Crippen LogP contribution in [0.4, 0.5) is 17.1 Å². The van der Waals surface area contributed by atoms with Crippen molar-refractivity contribution in [2.45, 2.75) is 26.7 Å². The van der Waals surface area contributed by atoms with E-state index in [1.807, 2.05) is 0 Å². The lowest BCUT2D eigenvalue weighted by Crippen LogP contribution is -2.32. The standard InChI is InChI=1S/C36H31N2O/c1-23(2)26-21-25-19-20-37(4)35-32-24(3)29-17-11-12-18-30(29)34(36(32)39-31(22-26)33(25)35)38(27-13-7-5-8-14-27)28-15-9-6-10-16-28/h5-23H,1-4H3/q+1. The lowest BCUT2D eigenvalue weighted by Gasteiger charge is -2.32. The number of nitrogens with zero attached hydrogens (tertiary/aromatic N) is 2. The van der Waals surface area contributed by atoms with Crippen LogP contribution in [0, 0.1) is 6.92 Å². The molecule has 39 heavy (non-hydrogen) atoms. The zero-order valence-corrected chi connectivity index (χ0v) is 22.8. The number of rotatable bonds is 4. The van der Waals surface area contributed by atoms with Crippen LogP contribution < -0.4 is 14.2 Å². The molecule has 3 nitrogen and oxygen atoms in total. The topological polar surface area (TPSA) is 16.4 Å². The van der Waals surface area contributed by atoms with Gasteiger partial charge in [0, 0.05) is 22.8 Å². The number of benzene rings is 5. The van der Waals surface area contributed by atoms with Crippen LogP contribution in [0.25, 0.3) is 32.8 Å². The van der Waals surface area contributed by atoms with Gasteiger partial charge in [-0.1, -0.05) is 80.6 Å². The molecule has 0 spiro atoms. The smallest absolute Gasteiger partial charge is 0.228 e. The van der Waals surface area contributed by atoms with E-state index in [0.717, 1.165) is 34.1 Å². The molecule has 0 saturated heterocycles. The molecule has 0 atom stereocenters. The molecule has 1 aliphatic heterocycles. The predicted molar refractivity (Wildman–Crippen MR) is 162 cm³/mol. The maximum absolute atomic E-state index is 7.08. The summed E-state index contributed by atoms with van der Waals surface area (Å²) < 4.78 is 9.34. The molecule has 0 fully saturated rings. The third-order valence-corrected chi connectivity index (χ3v) is 7.99. The van der Waals surface area contributed by atoms with Gasteiger partial charge < -0.3 is 9.64 Å². The van der Waals surface area contributed by atoms with Gasteiger partial charge in [-0.2, -0.15) is 0 Å². The Labute approximate surface area is 229 Å². The molecule has 5 aromatic carbocycles. The number of anilines is 3. The average molecular weight is 508 g/mol. The number of aromatic nitrogens is 1. The molecule has 0 aliphatic carbocycles. The molecule has 6 aromatic rings. The lowest BCUT2D eigenvalue weighted by atomic mass is 9.89. The van der Waals surface area contributed by atoms with E-state index in [9.17, 15) is 0 Å². The molecule has 7 rings (SSSR count). The number of hydrogen-bond acceptors (Lipinski definition) is 2. The van der Waals surface area contributed by atoms with Gasteiger partial charge >= 0.3 is 0 Å². The number of pyridine rings is 1. The Hall–Kier alpha value is -4.63. The monoisotopic (exact) mass is 507 g/mol. The highest BCUT2D eigenvalue weighted by Gasteiger charge is 2.35. The molecule has 0 amide bonds. The van der Waals surface area contributed by atoms with Gasteiger partial charge in [0.05, 0.1) is 16.6 Å². The highest BCUT2D eigenvalue weighted by molar-refractivity contribution is 6.12. The minimum Gasteiger partial charge on any atom is -0.453 e. The van der Waals surface area contributed by atoms with E-state index < -0.39 is 0 Å². The second-order valence-electron chi connectivity index (χ2n) is 10.7. The van der Waals surface area contributed by atoms with Crippen molar-refractivity contribution >= 4 is 38.6 Å². The number of para-hydroxylation sites is 2. The molecule has 0 bridgehead atoms. The molecule has 0 radical (unpaired) electrons. The molecule has 1 aliphatic rings. The summed E-state index contributed by atoms with van der Waals surface area (Å²) in [4.78, 5) is 2.35. The first-order valence-electron chi connectivity index (χ1n) is 13.6. The first-order chi connectivity index (χ1) is 19.0. The maximum atomic E-state index is 7.08. The maximum Gasteiger partial charge on any atom is 0.228 e. The van der Waals surface area contributed by atoms with Crippen molar-refractivity contribution in [1.82, 2.24) is 0 Å². The van der Waals surface area contributed by atoms with Crippen molar-refractivity contribution in [2.24, 2.45) is 7.05 Å². The summed E-state index contributed by atoms with van der Waals surface area (Å²) in [5, 5.41) is 4.78. The Morgan fingerprint density at radius 2 is 1.36 bits per heavy atom. The van der Waals surface area contributed by atoms with Crippen molar-refractivity contribution in [3.05, 3.63) is 120 Å². The summed E-state index contributed by atoms with van der Waals surface area (Å²) in [6, 6.07) is 36.7. The molecule has 0 saturated carbocycles. The number of hydrogen-bond donors (Lipinski definition) is 0. The Morgan fingerprint density at radius 3 is 2.00 bits per heavy atom. The SMILES string of the molecule is Cc1c2c(c(N(c3ccccc3)c3ccccc3)c3ccccc13)Oc1cc(C(C)C)cc3cc[n+](C)c-2c13. The van der Waals surface area contributed by atoms with Crippen molar-refractivity contribution in [3.8, 4) is 22.8 Å². The van der Waals surface area contributed by atoms with E-state index in [0.29, 0.717) is 5.92 Å². The molecule has 2 heterocycles. The highest BCUT2D eigenvalue weighted by Crippen LogP contribution is 2.56. The zero-order valence-electron chi connectivity index (χ0n) is 22.8. The van der Waals surface area contributed by atoms with Crippen LogP contribution in [0.2, 0.25) is 0 Å². The minimum absolute atomic E-state index is 0.399. The number of fused-ring (bicyclic) bond motifs is 3. The minimum atomic E-state index is 0.399. The number of ether oxygens (including phenoxy) is 1. The second-order valence-corrected chi connectivity index (χ2v) is 10.7. The first kappa shape index (κ1) is 23.5. The molecule has 0 unspecified atom stereocenters. The molecule has 1 aromatic heterocycles. The highest BCUT2D eigenvalue weighted by atomic mass is 16.5. The van der Waals surface area contributed by atoms with Gasteiger partial charge in [0.2, 0.25) is 5.69 Å². The van der Waals surface area contributed by atoms with Gasteiger partial charge in [-0.05, 0) is 65.1 Å². The summed E-state index contributed by atoms with van der Waals surface area (Å²) >= 11 is 0. The fraction of sp³-hybridized carbons (Fsp3) is 0.139. The molecular formula is C36H31N2O+. The third kappa shape index (κ3) is 3.61.